The predicted molar refractivity (Wildman–Crippen MR) is 109 cm³/mol. The van der Waals surface area contributed by atoms with Crippen LogP contribution in [0.15, 0.2) is 38.9 Å². The Hall–Kier alpha value is -1.95. The minimum Gasteiger partial charge on any atom is -0.466 e. The zero-order valence-electron chi connectivity index (χ0n) is 15.7. The van der Waals surface area contributed by atoms with Crippen LogP contribution in [0.3, 0.4) is 0 Å². The van der Waals surface area contributed by atoms with E-state index in [1.807, 2.05) is 0 Å². The Balaban J connectivity index is 1.86. The van der Waals surface area contributed by atoms with Gasteiger partial charge in [-0.1, -0.05) is 11.8 Å². The molecule has 2 aromatic rings. The number of rotatable bonds is 9. The van der Waals surface area contributed by atoms with Gasteiger partial charge in [0.1, 0.15) is 0 Å². The first-order valence-electron chi connectivity index (χ1n) is 8.27. The Bertz CT molecular complexity index is 924. The Morgan fingerprint density at radius 1 is 1.25 bits per heavy atom. The van der Waals surface area contributed by atoms with E-state index in [0.29, 0.717) is 22.3 Å². The zero-order chi connectivity index (χ0) is 20.7. The molecule has 8 nitrogen and oxygen atoms in total. The van der Waals surface area contributed by atoms with Gasteiger partial charge in [0.25, 0.3) is 0 Å². The largest absolute Gasteiger partial charge is 0.466 e. The van der Waals surface area contributed by atoms with Gasteiger partial charge in [0.05, 0.1) is 29.4 Å². The van der Waals surface area contributed by atoms with Crippen LogP contribution in [-0.4, -0.2) is 56.0 Å². The molecule has 1 aromatic heterocycles. The van der Waals surface area contributed by atoms with E-state index >= 15 is 0 Å². The van der Waals surface area contributed by atoms with Crippen LogP contribution in [0.5, 0.6) is 0 Å². The second-order valence-electron chi connectivity index (χ2n) is 5.74. The van der Waals surface area contributed by atoms with Crippen molar-refractivity contribution in [3.63, 3.8) is 0 Å². The van der Waals surface area contributed by atoms with Gasteiger partial charge < -0.3 is 10.1 Å². The van der Waals surface area contributed by atoms with Crippen LogP contribution in [0, 0.1) is 0 Å². The highest BCUT2D eigenvalue weighted by Gasteiger charge is 2.17. The van der Waals surface area contributed by atoms with Gasteiger partial charge in [0.15, 0.2) is 4.34 Å². The smallest absolute Gasteiger partial charge is 0.311 e. The topological polar surface area (TPSA) is 106 Å². The molecule has 0 bridgehead atoms. The second kappa shape index (κ2) is 10.0. The van der Waals surface area contributed by atoms with Gasteiger partial charge in [-0.2, -0.15) is 0 Å². The molecule has 0 saturated carbocycles. The Morgan fingerprint density at radius 3 is 2.54 bits per heavy atom. The van der Waals surface area contributed by atoms with Gasteiger partial charge in [0, 0.05) is 25.2 Å². The van der Waals surface area contributed by atoms with Crippen LogP contribution in [0.25, 0.3) is 0 Å². The summed E-state index contributed by atoms with van der Waals surface area (Å²) in [6.07, 6.45) is 0.110. The van der Waals surface area contributed by atoms with E-state index in [9.17, 15) is 18.0 Å². The molecular formula is C17H21N3O5S3. The summed E-state index contributed by atoms with van der Waals surface area (Å²) in [7, 11) is -0.587. The number of carbonyl (C=O) groups excluding carboxylic acids is 2. The monoisotopic (exact) mass is 443 g/mol. The zero-order valence-corrected chi connectivity index (χ0v) is 18.1. The third kappa shape index (κ3) is 6.30. The number of amides is 1. The lowest BCUT2D eigenvalue weighted by Gasteiger charge is -2.11. The average molecular weight is 444 g/mol. The summed E-state index contributed by atoms with van der Waals surface area (Å²) in [6.45, 7) is 2.07. The van der Waals surface area contributed by atoms with Crippen LogP contribution in [0.1, 0.15) is 12.6 Å². The van der Waals surface area contributed by atoms with E-state index in [1.165, 1.54) is 49.3 Å². The summed E-state index contributed by atoms with van der Waals surface area (Å²) in [5.74, 6) is -0.429. The number of sulfonamides is 1. The van der Waals surface area contributed by atoms with Gasteiger partial charge in [-0.25, -0.2) is 17.7 Å². The van der Waals surface area contributed by atoms with Crippen molar-refractivity contribution in [1.82, 2.24) is 9.29 Å². The van der Waals surface area contributed by atoms with Crippen molar-refractivity contribution in [3.05, 3.63) is 35.3 Å². The van der Waals surface area contributed by atoms with Crippen LogP contribution < -0.4 is 5.32 Å². The van der Waals surface area contributed by atoms with Crippen molar-refractivity contribution in [2.45, 2.75) is 22.6 Å². The molecule has 0 aliphatic heterocycles. The van der Waals surface area contributed by atoms with E-state index < -0.39 is 10.0 Å². The van der Waals surface area contributed by atoms with E-state index in [1.54, 1.807) is 24.4 Å². The summed E-state index contributed by atoms with van der Waals surface area (Å²) < 4.78 is 30.7. The molecule has 0 spiro atoms. The minimum absolute atomic E-state index is 0.110. The van der Waals surface area contributed by atoms with Crippen LogP contribution in [-0.2, 0) is 30.8 Å². The number of thioether (sulfide) groups is 1. The standard InChI is InChI=1S/C17H21N3O5S3/c1-4-25-16(22)9-13-10-26-17(19-13)27-11-15(21)18-12-5-7-14(8-6-12)28(23,24)20(2)3/h5-8,10H,4,9,11H2,1-3H3,(H,18,21). The predicted octanol–water partition coefficient (Wildman–Crippen LogP) is 2.23. The number of hydrogen-bond donors (Lipinski definition) is 1. The molecule has 11 heteroatoms. The quantitative estimate of drug-likeness (QED) is 0.468. The first-order chi connectivity index (χ1) is 13.2. The maximum atomic E-state index is 12.1. The maximum Gasteiger partial charge on any atom is 0.311 e. The minimum atomic E-state index is -3.50. The molecule has 0 aliphatic carbocycles. The lowest BCUT2D eigenvalue weighted by molar-refractivity contribution is -0.142. The van der Waals surface area contributed by atoms with Crippen molar-refractivity contribution >= 4 is 50.7 Å². The number of nitrogens with one attached hydrogen (secondary N) is 1. The van der Waals surface area contributed by atoms with Crippen molar-refractivity contribution in [1.29, 1.82) is 0 Å². The van der Waals surface area contributed by atoms with Gasteiger partial charge in [-0.15, -0.1) is 11.3 Å². The third-order valence-electron chi connectivity index (χ3n) is 3.40. The number of esters is 1. The van der Waals surface area contributed by atoms with E-state index in [0.717, 1.165) is 4.31 Å². The molecule has 152 valence electrons. The molecule has 0 atom stereocenters. The third-order valence-corrected chi connectivity index (χ3v) is 7.30. The Kier molecular flexibility index (Phi) is 7.98. The Labute approximate surface area is 172 Å². The molecule has 0 fully saturated rings. The lowest BCUT2D eigenvalue weighted by Crippen LogP contribution is -2.22. The first-order valence-corrected chi connectivity index (χ1v) is 11.6. The normalized spacial score (nSPS) is 11.4. The lowest BCUT2D eigenvalue weighted by atomic mass is 10.3. The molecular weight excluding hydrogens is 422 g/mol. The van der Waals surface area contributed by atoms with Crippen molar-refractivity contribution in [3.8, 4) is 0 Å². The van der Waals surface area contributed by atoms with Crippen molar-refractivity contribution in [2.24, 2.45) is 0 Å². The maximum absolute atomic E-state index is 12.1. The molecule has 0 saturated heterocycles. The molecule has 1 amide bonds. The fourth-order valence-electron chi connectivity index (χ4n) is 2.04. The molecule has 28 heavy (non-hydrogen) atoms. The summed E-state index contributed by atoms with van der Waals surface area (Å²) >= 11 is 2.62. The van der Waals surface area contributed by atoms with Gasteiger partial charge in [-0.05, 0) is 31.2 Å². The number of nitrogens with zero attached hydrogens (tertiary/aromatic N) is 2. The number of ether oxygens (including phenoxy) is 1. The average Bonchev–Trinajstić information content (AvgIpc) is 3.08. The summed E-state index contributed by atoms with van der Waals surface area (Å²) in [5.41, 5.74) is 1.12. The van der Waals surface area contributed by atoms with Crippen molar-refractivity contribution < 1.29 is 22.7 Å². The van der Waals surface area contributed by atoms with Crippen LogP contribution in [0.4, 0.5) is 5.69 Å². The molecule has 1 aromatic carbocycles. The van der Waals surface area contributed by atoms with Gasteiger partial charge in [0.2, 0.25) is 15.9 Å². The summed E-state index contributed by atoms with van der Waals surface area (Å²) in [4.78, 5) is 28.0. The molecule has 1 N–H and O–H groups in total. The van der Waals surface area contributed by atoms with Gasteiger partial charge in [-0.3, -0.25) is 9.59 Å². The fourth-order valence-corrected chi connectivity index (χ4v) is 4.59. The highest BCUT2D eigenvalue weighted by Crippen LogP contribution is 2.23. The van der Waals surface area contributed by atoms with E-state index in [4.69, 9.17) is 4.74 Å². The second-order valence-corrected chi connectivity index (χ2v) is 9.97. The number of benzene rings is 1. The van der Waals surface area contributed by atoms with Crippen molar-refractivity contribution in [2.75, 3.05) is 31.8 Å². The molecule has 0 radical (unpaired) electrons. The fraction of sp³-hybridized carbons (Fsp3) is 0.353. The number of anilines is 1. The summed E-state index contributed by atoms with van der Waals surface area (Å²) in [6, 6.07) is 5.97. The summed E-state index contributed by atoms with van der Waals surface area (Å²) in [5, 5.41) is 4.48. The number of aromatic nitrogens is 1. The molecule has 1 heterocycles. The number of carbonyl (C=O) groups is 2. The van der Waals surface area contributed by atoms with Gasteiger partial charge >= 0.3 is 5.97 Å². The highest BCUT2D eigenvalue weighted by atomic mass is 32.2. The number of thiazole rings is 1. The Morgan fingerprint density at radius 2 is 1.93 bits per heavy atom. The van der Waals surface area contributed by atoms with Crippen LogP contribution in [0.2, 0.25) is 0 Å². The molecule has 0 aliphatic rings. The van der Waals surface area contributed by atoms with E-state index in [2.05, 4.69) is 10.3 Å². The SMILES string of the molecule is CCOC(=O)Cc1csc(SCC(=O)Nc2ccc(S(=O)(=O)N(C)C)cc2)n1. The van der Waals surface area contributed by atoms with E-state index in [-0.39, 0.29) is 28.9 Å². The van der Waals surface area contributed by atoms with Crippen LogP contribution >= 0.6 is 23.1 Å². The molecule has 0 unspecified atom stereocenters. The number of hydrogen-bond acceptors (Lipinski definition) is 8. The molecule has 2 rings (SSSR count). The first kappa shape index (κ1) is 22.3. The highest BCUT2D eigenvalue weighted by molar-refractivity contribution is 8.01.